The second-order valence-corrected chi connectivity index (χ2v) is 8.33. The molecule has 4 nitrogen and oxygen atoms in total. The SMILES string of the molecule is CCOC(=O)C1(C)CCc2cccc(-c3ccccc3)c2C1(Br)C(=O)OCC. The van der Waals surface area contributed by atoms with Crippen molar-refractivity contribution in [1.82, 2.24) is 0 Å². The number of esters is 2. The van der Waals surface area contributed by atoms with Gasteiger partial charge in [-0.1, -0.05) is 64.5 Å². The van der Waals surface area contributed by atoms with Crippen LogP contribution in [0.3, 0.4) is 0 Å². The molecule has 0 fully saturated rings. The number of benzene rings is 2. The number of carbonyl (C=O) groups is 2. The summed E-state index contributed by atoms with van der Waals surface area (Å²) < 4.78 is 9.52. The molecule has 28 heavy (non-hydrogen) atoms. The zero-order chi connectivity index (χ0) is 20.4. The average molecular weight is 445 g/mol. The number of fused-ring (bicyclic) bond motifs is 1. The van der Waals surface area contributed by atoms with Gasteiger partial charge in [-0.05, 0) is 55.9 Å². The van der Waals surface area contributed by atoms with Crippen LogP contribution in [0.15, 0.2) is 48.5 Å². The predicted octanol–water partition coefficient (Wildman–Crippen LogP) is 5.02. The molecule has 0 spiro atoms. The number of aryl methyl sites for hydroxylation is 1. The summed E-state index contributed by atoms with van der Waals surface area (Å²) in [5, 5.41) is 0. The quantitative estimate of drug-likeness (QED) is 0.479. The first-order valence-corrected chi connectivity index (χ1v) is 10.4. The zero-order valence-corrected chi connectivity index (χ0v) is 18.0. The molecule has 0 heterocycles. The fourth-order valence-electron chi connectivity index (χ4n) is 4.00. The highest BCUT2D eigenvalue weighted by Gasteiger charge is 2.62. The minimum absolute atomic E-state index is 0.230. The van der Waals surface area contributed by atoms with Crippen LogP contribution in [0.1, 0.15) is 38.3 Å². The first kappa shape index (κ1) is 20.6. The Bertz CT molecular complexity index is 879. The van der Waals surface area contributed by atoms with Gasteiger partial charge in [-0.2, -0.15) is 0 Å². The van der Waals surface area contributed by atoms with E-state index in [1.807, 2.05) is 48.5 Å². The fraction of sp³-hybridized carbons (Fsp3) is 0.391. The second-order valence-electron chi connectivity index (χ2n) is 7.14. The smallest absolute Gasteiger partial charge is 0.328 e. The molecular weight excluding hydrogens is 420 g/mol. The number of alkyl halides is 1. The number of hydrogen-bond donors (Lipinski definition) is 0. The number of ether oxygens (including phenoxy) is 2. The summed E-state index contributed by atoms with van der Waals surface area (Å²) in [5.41, 5.74) is 2.64. The second kappa shape index (κ2) is 8.08. The van der Waals surface area contributed by atoms with E-state index >= 15 is 0 Å². The van der Waals surface area contributed by atoms with Crippen LogP contribution in [0.25, 0.3) is 11.1 Å². The highest BCUT2D eigenvalue weighted by molar-refractivity contribution is 9.10. The molecule has 148 valence electrons. The van der Waals surface area contributed by atoms with E-state index in [1.165, 1.54) is 0 Å². The molecule has 1 aliphatic carbocycles. The van der Waals surface area contributed by atoms with Gasteiger partial charge in [-0.25, -0.2) is 0 Å². The summed E-state index contributed by atoms with van der Waals surface area (Å²) in [4.78, 5) is 26.4. The van der Waals surface area contributed by atoms with Crippen LogP contribution < -0.4 is 0 Å². The molecule has 2 aromatic carbocycles. The highest BCUT2D eigenvalue weighted by Crippen LogP contribution is 2.58. The van der Waals surface area contributed by atoms with E-state index in [-0.39, 0.29) is 13.2 Å². The Labute approximate surface area is 174 Å². The van der Waals surface area contributed by atoms with E-state index < -0.39 is 21.7 Å². The number of rotatable bonds is 5. The highest BCUT2D eigenvalue weighted by atomic mass is 79.9. The van der Waals surface area contributed by atoms with Crippen molar-refractivity contribution >= 4 is 27.9 Å². The molecule has 0 aliphatic heterocycles. The normalized spacial score (nSPS) is 23.6. The molecule has 3 rings (SSSR count). The van der Waals surface area contributed by atoms with E-state index in [2.05, 4.69) is 15.9 Å². The van der Waals surface area contributed by atoms with Crippen LogP contribution in [0.2, 0.25) is 0 Å². The first-order valence-electron chi connectivity index (χ1n) is 9.61. The minimum Gasteiger partial charge on any atom is -0.466 e. The van der Waals surface area contributed by atoms with Gasteiger partial charge in [-0.15, -0.1) is 0 Å². The Hall–Kier alpha value is -2.14. The Kier molecular flexibility index (Phi) is 5.94. The fourth-order valence-corrected chi connectivity index (χ4v) is 4.94. The zero-order valence-electron chi connectivity index (χ0n) is 16.5. The molecule has 2 atom stereocenters. The average Bonchev–Trinajstić information content (AvgIpc) is 2.71. The molecule has 0 N–H and O–H groups in total. The lowest BCUT2D eigenvalue weighted by molar-refractivity contribution is -0.166. The maximum absolute atomic E-state index is 13.3. The Balaban J connectivity index is 2.30. The standard InChI is InChI=1S/C23H25BrO4/c1-4-27-20(25)22(3)15-14-17-12-9-13-18(16-10-7-6-8-11-16)19(17)23(22,24)21(26)28-5-2/h6-13H,4-5,14-15H2,1-3H3. The number of hydrogen-bond acceptors (Lipinski definition) is 4. The largest absolute Gasteiger partial charge is 0.466 e. The van der Waals surface area contributed by atoms with Crippen molar-refractivity contribution in [2.75, 3.05) is 13.2 Å². The van der Waals surface area contributed by atoms with Crippen LogP contribution in [-0.4, -0.2) is 25.2 Å². The predicted molar refractivity (Wildman–Crippen MR) is 112 cm³/mol. The lowest BCUT2D eigenvalue weighted by Crippen LogP contribution is -2.54. The van der Waals surface area contributed by atoms with Gasteiger partial charge in [0, 0.05) is 0 Å². The first-order chi connectivity index (χ1) is 13.4. The van der Waals surface area contributed by atoms with Crippen LogP contribution >= 0.6 is 15.9 Å². The van der Waals surface area contributed by atoms with E-state index in [9.17, 15) is 9.59 Å². The maximum atomic E-state index is 13.3. The maximum Gasteiger partial charge on any atom is 0.328 e. The summed E-state index contributed by atoms with van der Waals surface area (Å²) in [5.74, 6) is -0.858. The van der Waals surface area contributed by atoms with Crippen molar-refractivity contribution in [3.63, 3.8) is 0 Å². The van der Waals surface area contributed by atoms with Gasteiger partial charge in [0.05, 0.1) is 18.6 Å². The van der Waals surface area contributed by atoms with Crippen molar-refractivity contribution in [1.29, 1.82) is 0 Å². The lowest BCUT2D eigenvalue weighted by atomic mass is 9.63. The molecule has 0 bridgehead atoms. The van der Waals surface area contributed by atoms with Crippen molar-refractivity contribution < 1.29 is 19.1 Å². The summed E-state index contributed by atoms with van der Waals surface area (Å²) in [7, 11) is 0. The summed E-state index contributed by atoms with van der Waals surface area (Å²) in [6.07, 6.45) is 1.17. The Morgan fingerprint density at radius 2 is 1.61 bits per heavy atom. The molecule has 5 heteroatoms. The number of carbonyl (C=O) groups excluding carboxylic acids is 2. The third-order valence-electron chi connectivity index (χ3n) is 5.52. The summed E-state index contributed by atoms with van der Waals surface area (Å²) in [6, 6.07) is 15.9. The van der Waals surface area contributed by atoms with E-state index in [0.29, 0.717) is 12.8 Å². The molecule has 0 amide bonds. The molecular formula is C23H25BrO4. The van der Waals surface area contributed by atoms with Gasteiger partial charge >= 0.3 is 11.9 Å². The molecule has 0 saturated heterocycles. The third-order valence-corrected chi connectivity index (χ3v) is 7.11. The van der Waals surface area contributed by atoms with E-state index in [0.717, 1.165) is 22.3 Å². The van der Waals surface area contributed by atoms with Crippen LogP contribution in [0.4, 0.5) is 0 Å². The van der Waals surface area contributed by atoms with Gasteiger partial charge in [0.1, 0.15) is 0 Å². The van der Waals surface area contributed by atoms with Crippen LogP contribution in [0.5, 0.6) is 0 Å². The molecule has 0 saturated carbocycles. The molecule has 0 radical (unpaired) electrons. The van der Waals surface area contributed by atoms with Gasteiger partial charge in [0.25, 0.3) is 0 Å². The summed E-state index contributed by atoms with van der Waals surface area (Å²) >= 11 is 3.73. The Morgan fingerprint density at radius 1 is 0.964 bits per heavy atom. The molecule has 2 unspecified atom stereocenters. The van der Waals surface area contributed by atoms with Gasteiger partial charge in [0.2, 0.25) is 0 Å². The number of halogens is 1. The monoisotopic (exact) mass is 444 g/mol. The van der Waals surface area contributed by atoms with Crippen molar-refractivity contribution in [3.05, 3.63) is 59.7 Å². The van der Waals surface area contributed by atoms with Gasteiger partial charge < -0.3 is 9.47 Å². The molecule has 0 aromatic heterocycles. The third kappa shape index (κ3) is 3.16. The topological polar surface area (TPSA) is 52.6 Å². The van der Waals surface area contributed by atoms with Crippen molar-refractivity contribution in [3.8, 4) is 11.1 Å². The van der Waals surface area contributed by atoms with Gasteiger partial charge in [0.15, 0.2) is 4.32 Å². The minimum atomic E-state index is -1.33. The lowest BCUT2D eigenvalue weighted by Gasteiger charge is -2.46. The van der Waals surface area contributed by atoms with Crippen molar-refractivity contribution in [2.24, 2.45) is 5.41 Å². The van der Waals surface area contributed by atoms with E-state index in [1.54, 1.807) is 20.8 Å². The van der Waals surface area contributed by atoms with E-state index in [4.69, 9.17) is 9.47 Å². The van der Waals surface area contributed by atoms with Crippen LogP contribution in [-0.2, 0) is 29.8 Å². The summed E-state index contributed by atoms with van der Waals surface area (Å²) in [6.45, 7) is 5.82. The molecule has 2 aromatic rings. The van der Waals surface area contributed by atoms with Crippen molar-refractivity contribution in [2.45, 2.75) is 37.9 Å². The van der Waals surface area contributed by atoms with Gasteiger partial charge in [-0.3, -0.25) is 9.59 Å². The van der Waals surface area contributed by atoms with Crippen LogP contribution in [0, 0.1) is 5.41 Å². The Morgan fingerprint density at radius 3 is 2.25 bits per heavy atom. The molecule has 1 aliphatic rings.